The molecular formula is C14H14N4O. The Balaban J connectivity index is 2.45. The molecule has 2 rings (SSSR count). The first-order valence-electron chi connectivity index (χ1n) is 5.79. The van der Waals surface area contributed by atoms with E-state index in [-0.39, 0.29) is 0 Å². The molecule has 0 aliphatic heterocycles. The average molecular weight is 254 g/mol. The number of nitrogens with zero attached hydrogens (tertiary/aromatic N) is 3. The topological polar surface area (TPSA) is 84.8 Å². The molecule has 0 radical (unpaired) electrons. The summed E-state index contributed by atoms with van der Waals surface area (Å²) in [6.45, 7) is 5.59. The SMILES string of the molecule is Cc1cc(C#N)cc(C)c1Oc1ncnc(N)c1C. The standard InChI is InChI=1S/C14H14N4O/c1-8-4-11(6-15)5-9(2)12(8)19-14-10(3)13(16)17-7-18-14/h4-5,7H,1-3H3,(H2,16,17,18). The third-order valence-corrected chi connectivity index (χ3v) is 2.86. The molecule has 0 aliphatic carbocycles. The van der Waals surface area contributed by atoms with Crippen LogP contribution < -0.4 is 10.5 Å². The van der Waals surface area contributed by atoms with Gasteiger partial charge in [-0.1, -0.05) is 0 Å². The van der Waals surface area contributed by atoms with Crippen molar-refractivity contribution in [3.8, 4) is 17.7 Å². The van der Waals surface area contributed by atoms with Gasteiger partial charge >= 0.3 is 0 Å². The Morgan fingerprint density at radius 1 is 1.16 bits per heavy atom. The highest BCUT2D eigenvalue weighted by atomic mass is 16.5. The predicted molar refractivity (Wildman–Crippen MR) is 71.9 cm³/mol. The summed E-state index contributed by atoms with van der Waals surface area (Å²) in [7, 11) is 0. The molecule has 96 valence electrons. The van der Waals surface area contributed by atoms with Gasteiger partial charge in [0.2, 0.25) is 5.88 Å². The van der Waals surface area contributed by atoms with Gasteiger partial charge in [-0.3, -0.25) is 0 Å². The molecule has 0 amide bonds. The maximum absolute atomic E-state index is 8.92. The number of nitrogen functional groups attached to an aromatic ring is 1. The smallest absolute Gasteiger partial charge is 0.227 e. The van der Waals surface area contributed by atoms with Crippen molar-refractivity contribution in [2.75, 3.05) is 5.73 Å². The maximum Gasteiger partial charge on any atom is 0.227 e. The molecule has 0 saturated heterocycles. The van der Waals surface area contributed by atoms with Gasteiger partial charge in [0.15, 0.2) is 0 Å². The van der Waals surface area contributed by atoms with E-state index in [0.29, 0.717) is 28.6 Å². The van der Waals surface area contributed by atoms with Crippen molar-refractivity contribution < 1.29 is 4.74 Å². The number of benzene rings is 1. The van der Waals surface area contributed by atoms with Crippen LogP contribution in [0.5, 0.6) is 11.6 Å². The van der Waals surface area contributed by atoms with E-state index in [1.54, 1.807) is 19.1 Å². The highest BCUT2D eigenvalue weighted by Gasteiger charge is 2.11. The molecule has 0 aliphatic rings. The molecular weight excluding hydrogens is 240 g/mol. The van der Waals surface area contributed by atoms with Crippen molar-refractivity contribution in [1.82, 2.24) is 9.97 Å². The molecule has 19 heavy (non-hydrogen) atoms. The van der Waals surface area contributed by atoms with Crippen molar-refractivity contribution in [1.29, 1.82) is 5.26 Å². The van der Waals surface area contributed by atoms with Crippen molar-refractivity contribution in [2.45, 2.75) is 20.8 Å². The summed E-state index contributed by atoms with van der Waals surface area (Å²) < 4.78 is 5.81. The number of ether oxygens (including phenoxy) is 1. The van der Waals surface area contributed by atoms with E-state index < -0.39 is 0 Å². The largest absolute Gasteiger partial charge is 0.438 e. The lowest BCUT2D eigenvalue weighted by Crippen LogP contribution is -2.01. The van der Waals surface area contributed by atoms with E-state index in [0.717, 1.165) is 11.1 Å². The summed E-state index contributed by atoms with van der Waals surface area (Å²) in [5.74, 6) is 1.53. The average Bonchev–Trinajstić information content (AvgIpc) is 2.38. The number of aryl methyl sites for hydroxylation is 2. The van der Waals surface area contributed by atoms with Crippen molar-refractivity contribution in [2.24, 2.45) is 0 Å². The third-order valence-electron chi connectivity index (χ3n) is 2.86. The summed E-state index contributed by atoms with van der Waals surface area (Å²) in [5, 5.41) is 8.92. The van der Waals surface area contributed by atoms with Gasteiger partial charge in [-0.25, -0.2) is 9.97 Å². The highest BCUT2D eigenvalue weighted by molar-refractivity contribution is 5.50. The highest BCUT2D eigenvalue weighted by Crippen LogP contribution is 2.31. The van der Waals surface area contributed by atoms with Crippen LogP contribution in [-0.4, -0.2) is 9.97 Å². The maximum atomic E-state index is 8.92. The second-order valence-electron chi connectivity index (χ2n) is 4.34. The molecule has 0 spiro atoms. The minimum Gasteiger partial charge on any atom is -0.438 e. The van der Waals surface area contributed by atoms with E-state index in [9.17, 15) is 0 Å². The minimum atomic E-state index is 0.397. The van der Waals surface area contributed by atoms with Gasteiger partial charge in [0, 0.05) is 0 Å². The van der Waals surface area contributed by atoms with Crippen molar-refractivity contribution in [3.63, 3.8) is 0 Å². The normalized spacial score (nSPS) is 10.0. The van der Waals surface area contributed by atoms with E-state index in [2.05, 4.69) is 16.0 Å². The van der Waals surface area contributed by atoms with E-state index in [4.69, 9.17) is 15.7 Å². The van der Waals surface area contributed by atoms with E-state index in [1.807, 2.05) is 13.8 Å². The predicted octanol–water partition coefficient (Wildman–Crippen LogP) is 2.65. The summed E-state index contributed by atoms with van der Waals surface area (Å²) in [6, 6.07) is 5.68. The molecule has 2 N–H and O–H groups in total. The third kappa shape index (κ3) is 2.47. The number of anilines is 1. The Kier molecular flexibility index (Phi) is 3.34. The number of hydrogen-bond acceptors (Lipinski definition) is 5. The fourth-order valence-corrected chi connectivity index (χ4v) is 1.82. The number of rotatable bonds is 2. The van der Waals surface area contributed by atoms with Gasteiger partial charge in [0.1, 0.15) is 17.9 Å². The fourth-order valence-electron chi connectivity index (χ4n) is 1.82. The summed E-state index contributed by atoms with van der Waals surface area (Å²) >= 11 is 0. The minimum absolute atomic E-state index is 0.397. The molecule has 0 saturated carbocycles. The molecule has 2 aromatic rings. The molecule has 0 atom stereocenters. The Morgan fingerprint density at radius 2 is 1.79 bits per heavy atom. The first-order valence-corrected chi connectivity index (χ1v) is 5.79. The van der Waals surface area contributed by atoms with Crippen molar-refractivity contribution >= 4 is 5.82 Å². The van der Waals surface area contributed by atoms with Gasteiger partial charge in [0.25, 0.3) is 0 Å². The molecule has 0 fully saturated rings. The quantitative estimate of drug-likeness (QED) is 0.890. The van der Waals surface area contributed by atoms with Crippen LogP contribution in [0.15, 0.2) is 18.5 Å². The van der Waals surface area contributed by atoms with Crippen molar-refractivity contribution in [3.05, 3.63) is 40.7 Å². The Labute approximate surface area is 111 Å². The van der Waals surface area contributed by atoms with Gasteiger partial charge < -0.3 is 10.5 Å². The molecule has 1 aromatic carbocycles. The van der Waals surface area contributed by atoms with Crippen LogP contribution in [0, 0.1) is 32.1 Å². The number of hydrogen-bond donors (Lipinski definition) is 1. The summed E-state index contributed by atoms with van der Waals surface area (Å²) in [4.78, 5) is 7.98. The van der Waals surface area contributed by atoms with Gasteiger partial charge in [0.05, 0.1) is 17.2 Å². The molecule has 5 heteroatoms. The molecule has 1 heterocycles. The first kappa shape index (κ1) is 12.8. The Bertz CT molecular complexity index is 651. The molecule has 5 nitrogen and oxygen atoms in total. The second kappa shape index (κ2) is 4.94. The lowest BCUT2D eigenvalue weighted by Gasteiger charge is -2.13. The lowest BCUT2D eigenvalue weighted by molar-refractivity contribution is 0.451. The zero-order valence-corrected chi connectivity index (χ0v) is 11.1. The van der Waals surface area contributed by atoms with Crippen LogP contribution in [0.2, 0.25) is 0 Å². The number of nitrogens with two attached hydrogens (primary N) is 1. The molecule has 1 aromatic heterocycles. The van der Waals surface area contributed by atoms with Gasteiger partial charge in [-0.2, -0.15) is 5.26 Å². The Morgan fingerprint density at radius 3 is 2.37 bits per heavy atom. The molecule has 0 bridgehead atoms. The van der Waals surface area contributed by atoms with Crippen LogP contribution in [0.4, 0.5) is 5.82 Å². The van der Waals surface area contributed by atoms with Crippen LogP contribution in [-0.2, 0) is 0 Å². The second-order valence-corrected chi connectivity index (χ2v) is 4.34. The van der Waals surface area contributed by atoms with Crippen LogP contribution in [0.25, 0.3) is 0 Å². The van der Waals surface area contributed by atoms with Crippen LogP contribution >= 0.6 is 0 Å². The lowest BCUT2D eigenvalue weighted by atomic mass is 10.1. The van der Waals surface area contributed by atoms with Gasteiger partial charge in [-0.05, 0) is 44.0 Å². The first-order chi connectivity index (χ1) is 9.02. The van der Waals surface area contributed by atoms with E-state index >= 15 is 0 Å². The van der Waals surface area contributed by atoms with Crippen LogP contribution in [0.1, 0.15) is 22.3 Å². The summed E-state index contributed by atoms with van der Waals surface area (Å²) in [5.41, 5.74) is 8.80. The van der Waals surface area contributed by atoms with Crippen LogP contribution in [0.3, 0.4) is 0 Å². The number of nitriles is 1. The number of aromatic nitrogens is 2. The zero-order valence-electron chi connectivity index (χ0n) is 11.1. The van der Waals surface area contributed by atoms with E-state index in [1.165, 1.54) is 6.33 Å². The Hall–Kier alpha value is -2.61. The monoisotopic (exact) mass is 254 g/mol. The van der Waals surface area contributed by atoms with Gasteiger partial charge in [-0.15, -0.1) is 0 Å². The fraction of sp³-hybridized carbons (Fsp3) is 0.214. The molecule has 0 unspecified atom stereocenters. The zero-order chi connectivity index (χ0) is 14.0. The summed E-state index contributed by atoms with van der Waals surface area (Å²) in [6.07, 6.45) is 1.37.